The van der Waals surface area contributed by atoms with Crippen molar-refractivity contribution in [2.75, 3.05) is 52.3 Å². The third-order valence-corrected chi connectivity index (χ3v) is 8.45. The highest BCUT2D eigenvalue weighted by Gasteiger charge is 2.37. The third kappa shape index (κ3) is 7.28. The van der Waals surface area contributed by atoms with Crippen LogP contribution in [-0.2, 0) is 16.0 Å². The molecule has 38 heavy (non-hydrogen) atoms. The number of hydrogen-bond acceptors (Lipinski definition) is 5. The van der Waals surface area contributed by atoms with Gasteiger partial charge in [-0.3, -0.25) is 9.59 Å². The van der Waals surface area contributed by atoms with Crippen LogP contribution in [0.2, 0.25) is 0 Å². The number of ether oxygens (including phenoxy) is 1. The van der Waals surface area contributed by atoms with Crippen molar-refractivity contribution in [2.24, 2.45) is 0 Å². The molecular formula is C31H44N4O3. The molecular weight excluding hydrogens is 476 g/mol. The van der Waals surface area contributed by atoms with E-state index in [9.17, 15) is 9.59 Å². The summed E-state index contributed by atoms with van der Waals surface area (Å²) in [6.07, 6.45) is 6.61. The van der Waals surface area contributed by atoms with E-state index in [2.05, 4.69) is 65.6 Å². The molecule has 0 aromatic heterocycles. The Balaban J connectivity index is 1.15. The Kier molecular flexibility index (Phi) is 9.67. The quantitative estimate of drug-likeness (QED) is 0.511. The molecule has 0 bridgehead atoms. The number of rotatable bonds is 10. The minimum absolute atomic E-state index is 0.0751. The molecule has 1 heterocycles. The fraction of sp³-hybridized carbons (Fsp3) is 0.548. The summed E-state index contributed by atoms with van der Waals surface area (Å²) in [5, 5.41) is 3.25. The van der Waals surface area contributed by atoms with Gasteiger partial charge in [-0.1, -0.05) is 36.4 Å². The van der Waals surface area contributed by atoms with Gasteiger partial charge in [0.1, 0.15) is 5.75 Å². The third-order valence-electron chi connectivity index (χ3n) is 8.45. The highest BCUT2D eigenvalue weighted by molar-refractivity contribution is 5.79. The van der Waals surface area contributed by atoms with Crippen molar-refractivity contribution in [3.8, 4) is 5.75 Å². The van der Waals surface area contributed by atoms with E-state index >= 15 is 0 Å². The van der Waals surface area contributed by atoms with Gasteiger partial charge in [0.05, 0.1) is 7.11 Å². The van der Waals surface area contributed by atoms with Crippen LogP contribution < -0.4 is 15.0 Å². The molecule has 0 unspecified atom stereocenters. The van der Waals surface area contributed by atoms with Gasteiger partial charge >= 0.3 is 0 Å². The first-order valence-corrected chi connectivity index (χ1v) is 14.1. The second-order valence-electron chi connectivity index (χ2n) is 11.0. The standard InChI is InChI=1S/C31H44N4O3/c1-33(2)31(24-25-9-5-4-6-10-25)17-15-26(16-18-31)32-29(36)13-8-14-30(37)35-21-19-34(20-22-35)27-11-7-12-28(23-27)38-3/h4-7,9-12,23,26H,8,13-22,24H2,1-3H3,(H,32,36). The lowest BCUT2D eigenvalue weighted by molar-refractivity contribution is -0.131. The molecule has 0 spiro atoms. The molecule has 2 fully saturated rings. The largest absolute Gasteiger partial charge is 0.497 e. The summed E-state index contributed by atoms with van der Waals surface area (Å²) < 4.78 is 5.33. The van der Waals surface area contributed by atoms with Crippen LogP contribution in [-0.4, -0.2) is 80.6 Å². The number of methoxy groups -OCH3 is 1. The van der Waals surface area contributed by atoms with Crippen molar-refractivity contribution in [1.29, 1.82) is 0 Å². The van der Waals surface area contributed by atoms with E-state index in [-0.39, 0.29) is 23.4 Å². The maximum Gasteiger partial charge on any atom is 0.222 e. The topological polar surface area (TPSA) is 65.1 Å². The van der Waals surface area contributed by atoms with Gasteiger partial charge in [0.2, 0.25) is 11.8 Å². The van der Waals surface area contributed by atoms with Gasteiger partial charge in [0, 0.05) is 62.4 Å². The van der Waals surface area contributed by atoms with E-state index in [1.807, 2.05) is 23.1 Å². The average Bonchev–Trinajstić information content (AvgIpc) is 2.94. The van der Waals surface area contributed by atoms with E-state index in [1.54, 1.807) is 7.11 Å². The van der Waals surface area contributed by atoms with E-state index in [1.165, 1.54) is 5.56 Å². The molecule has 1 saturated carbocycles. The van der Waals surface area contributed by atoms with Crippen LogP contribution in [0.25, 0.3) is 0 Å². The van der Waals surface area contributed by atoms with Gasteiger partial charge in [-0.05, 0) is 70.3 Å². The number of carbonyl (C=O) groups is 2. The Morgan fingerprint density at radius 3 is 2.34 bits per heavy atom. The second-order valence-corrected chi connectivity index (χ2v) is 11.0. The van der Waals surface area contributed by atoms with Gasteiger partial charge in [0.25, 0.3) is 0 Å². The van der Waals surface area contributed by atoms with E-state index in [4.69, 9.17) is 4.74 Å². The summed E-state index contributed by atoms with van der Waals surface area (Å²) in [4.78, 5) is 32.0. The molecule has 7 nitrogen and oxygen atoms in total. The fourth-order valence-corrected chi connectivity index (χ4v) is 5.94. The lowest BCUT2D eigenvalue weighted by Gasteiger charge is -2.45. The van der Waals surface area contributed by atoms with Crippen LogP contribution in [0.4, 0.5) is 5.69 Å². The van der Waals surface area contributed by atoms with Crippen molar-refractivity contribution < 1.29 is 14.3 Å². The first kappa shape index (κ1) is 28.0. The molecule has 2 amide bonds. The molecule has 2 aromatic carbocycles. The molecule has 0 atom stereocenters. The molecule has 4 rings (SSSR count). The smallest absolute Gasteiger partial charge is 0.222 e. The molecule has 1 aliphatic carbocycles. The number of likely N-dealkylation sites (N-methyl/N-ethyl adjacent to an activating group) is 1. The van der Waals surface area contributed by atoms with Crippen LogP contribution in [0, 0.1) is 0 Å². The maximum atomic E-state index is 12.7. The molecule has 1 N–H and O–H groups in total. The molecule has 2 aromatic rings. The van der Waals surface area contributed by atoms with Crippen LogP contribution in [0.5, 0.6) is 5.75 Å². The van der Waals surface area contributed by atoms with Crippen molar-refractivity contribution in [1.82, 2.24) is 15.1 Å². The van der Waals surface area contributed by atoms with Crippen molar-refractivity contribution in [3.05, 3.63) is 60.2 Å². The summed E-state index contributed by atoms with van der Waals surface area (Å²) in [5.74, 6) is 1.07. The molecule has 1 saturated heterocycles. The number of anilines is 1. The Labute approximate surface area is 228 Å². The summed E-state index contributed by atoms with van der Waals surface area (Å²) in [6, 6.07) is 19.0. The monoisotopic (exact) mass is 520 g/mol. The van der Waals surface area contributed by atoms with E-state index < -0.39 is 0 Å². The average molecular weight is 521 g/mol. The lowest BCUT2D eigenvalue weighted by Crippen LogP contribution is -2.52. The van der Waals surface area contributed by atoms with Crippen molar-refractivity contribution >= 4 is 17.5 Å². The molecule has 0 radical (unpaired) electrons. The predicted molar refractivity (Wildman–Crippen MR) is 153 cm³/mol. The Hall–Kier alpha value is -3.06. The van der Waals surface area contributed by atoms with Crippen molar-refractivity contribution in [2.45, 2.75) is 62.9 Å². The number of nitrogens with one attached hydrogen (secondary N) is 1. The Bertz CT molecular complexity index is 1040. The molecule has 1 aliphatic heterocycles. The number of piperazine rings is 1. The Morgan fingerprint density at radius 2 is 1.68 bits per heavy atom. The SMILES string of the molecule is COc1cccc(N2CCN(C(=O)CCCC(=O)NC3CCC(Cc4ccccc4)(N(C)C)CC3)CC2)c1. The highest BCUT2D eigenvalue weighted by atomic mass is 16.5. The summed E-state index contributed by atoms with van der Waals surface area (Å²) in [7, 11) is 6.03. The van der Waals surface area contributed by atoms with Gasteiger partial charge in [0.15, 0.2) is 0 Å². The Morgan fingerprint density at radius 1 is 0.974 bits per heavy atom. The summed E-state index contributed by atoms with van der Waals surface area (Å²) in [6.45, 7) is 3.03. The maximum absolute atomic E-state index is 12.7. The predicted octanol–water partition coefficient (Wildman–Crippen LogP) is 4.12. The minimum Gasteiger partial charge on any atom is -0.497 e. The van der Waals surface area contributed by atoms with Crippen LogP contribution in [0.1, 0.15) is 50.5 Å². The van der Waals surface area contributed by atoms with Crippen LogP contribution in [0.15, 0.2) is 54.6 Å². The normalized spacial score (nSPS) is 21.8. The van der Waals surface area contributed by atoms with Gasteiger partial charge in [-0.25, -0.2) is 0 Å². The molecule has 7 heteroatoms. The molecule has 206 valence electrons. The van der Waals surface area contributed by atoms with E-state index in [0.29, 0.717) is 32.4 Å². The first-order chi connectivity index (χ1) is 18.4. The highest BCUT2D eigenvalue weighted by Crippen LogP contribution is 2.35. The van der Waals surface area contributed by atoms with Crippen LogP contribution in [0.3, 0.4) is 0 Å². The number of nitrogens with zero attached hydrogens (tertiary/aromatic N) is 3. The lowest BCUT2D eigenvalue weighted by atomic mass is 9.75. The van der Waals surface area contributed by atoms with Gasteiger partial charge in [-0.2, -0.15) is 0 Å². The zero-order valence-corrected chi connectivity index (χ0v) is 23.3. The first-order valence-electron chi connectivity index (χ1n) is 14.1. The van der Waals surface area contributed by atoms with Crippen molar-refractivity contribution in [3.63, 3.8) is 0 Å². The number of carbonyl (C=O) groups excluding carboxylic acids is 2. The zero-order valence-electron chi connectivity index (χ0n) is 23.3. The molecule has 2 aliphatic rings. The van der Waals surface area contributed by atoms with Crippen LogP contribution >= 0.6 is 0 Å². The summed E-state index contributed by atoms with van der Waals surface area (Å²) in [5.41, 5.74) is 2.64. The fourth-order valence-electron chi connectivity index (χ4n) is 5.94. The number of amides is 2. The zero-order chi connectivity index (χ0) is 27.0. The second kappa shape index (κ2) is 13.1. The van der Waals surface area contributed by atoms with E-state index in [0.717, 1.165) is 56.6 Å². The van der Waals surface area contributed by atoms with Gasteiger partial charge in [-0.15, -0.1) is 0 Å². The number of benzene rings is 2. The van der Waals surface area contributed by atoms with Gasteiger partial charge < -0.3 is 24.8 Å². The summed E-state index contributed by atoms with van der Waals surface area (Å²) >= 11 is 0. The number of hydrogen-bond donors (Lipinski definition) is 1. The minimum atomic E-state index is 0.0751.